The zero-order valence-corrected chi connectivity index (χ0v) is 17.6. The van der Waals surface area contributed by atoms with Crippen LogP contribution in [0.3, 0.4) is 0 Å². The fraction of sp³-hybridized carbons (Fsp3) is 0.417. The van der Waals surface area contributed by atoms with Gasteiger partial charge < -0.3 is 10.6 Å². The zero-order chi connectivity index (χ0) is 20.8. The topological polar surface area (TPSA) is 61.4 Å². The van der Waals surface area contributed by atoms with Crippen LogP contribution in [0, 0.1) is 6.92 Å². The Bertz CT molecular complexity index is 840. The van der Waals surface area contributed by atoms with Gasteiger partial charge >= 0.3 is 11.8 Å². The molecule has 0 unspecified atom stereocenters. The van der Waals surface area contributed by atoms with Crippen LogP contribution < -0.4 is 10.6 Å². The molecule has 1 aliphatic rings. The second kappa shape index (κ2) is 9.70. The molecule has 0 bridgehead atoms. The van der Waals surface area contributed by atoms with Crippen LogP contribution in [0.4, 0.5) is 5.69 Å². The molecule has 5 nitrogen and oxygen atoms in total. The van der Waals surface area contributed by atoms with Crippen molar-refractivity contribution in [1.82, 2.24) is 10.2 Å². The van der Waals surface area contributed by atoms with E-state index >= 15 is 0 Å². The molecule has 0 aliphatic carbocycles. The molecule has 2 aromatic carbocycles. The number of anilines is 1. The van der Waals surface area contributed by atoms with Crippen LogP contribution in [-0.2, 0) is 16.1 Å². The van der Waals surface area contributed by atoms with Gasteiger partial charge in [0.25, 0.3) is 0 Å². The van der Waals surface area contributed by atoms with Gasteiger partial charge in [-0.05, 0) is 42.4 Å². The van der Waals surface area contributed by atoms with Crippen LogP contribution in [0.25, 0.3) is 0 Å². The molecule has 2 N–H and O–H groups in total. The molecule has 0 atom stereocenters. The van der Waals surface area contributed by atoms with Gasteiger partial charge in [0.1, 0.15) is 0 Å². The van der Waals surface area contributed by atoms with Gasteiger partial charge in [-0.25, -0.2) is 0 Å². The van der Waals surface area contributed by atoms with E-state index in [9.17, 15) is 9.59 Å². The molecule has 0 aromatic heterocycles. The first-order valence-corrected chi connectivity index (χ1v) is 10.4. The van der Waals surface area contributed by atoms with Crippen molar-refractivity contribution in [1.29, 1.82) is 0 Å². The lowest BCUT2D eigenvalue weighted by atomic mass is 9.98. The Morgan fingerprint density at radius 1 is 1.00 bits per heavy atom. The summed E-state index contributed by atoms with van der Waals surface area (Å²) >= 11 is 0. The van der Waals surface area contributed by atoms with E-state index in [4.69, 9.17) is 0 Å². The summed E-state index contributed by atoms with van der Waals surface area (Å²) < 4.78 is 0. The number of likely N-dealkylation sites (tertiary alicyclic amines) is 1. The fourth-order valence-electron chi connectivity index (χ4n) is 3.84. The lowest BCUT2D eigenvalue weighted by molar-refractivity contribution is -0.136. The van der Waals surface area contributed by atoms with E-state index in [-0.39, 0.29) is 12.0 Å². The lowest BCUT2D eigenvalue weighted by Gasteiger charge is -2.32. The quantitative estimate of drug-likeness (QED) is 0.759. The number of carbonyl (C=O) groups is 2. The van der Waals surface area contributed by atoms with Crippen molar-refractivity contribution >= 4 is 17.5 Å². The van der Waals surface area contributed by atoms with E-state index in [2.05, 4.69) is 53.6 Å². The Labute approximate surface area is 173 Å². The highest BCUT2D eigenvalue weighted by Gasteiger charge is 2.24. The minimum Gasteiger partial charge on any atom is -0.345 e. The van der Waals surface area contributed by atoms with E-state index < -0.39 is 11.8 Å². The normalized spacial score (nSPS) is 15.3. The van der Waals surface area contributed by atoms with Gasteiger partial charge in [0.05, 0.1) is 0 Å². The molecule has 1 heterocycles. The summed E-state index contributed by atoms with van der Waals surface area (Å²) in [6.45, 7) is 8.85. The Hall–Kier alpha value is -2.66. The van der Waals surface area contributed by atoms with E-state index in [1.54, 1.807) is 0 Å². The third kappa shape index (κ3) is 5.67. The predicted octanol–water partition coefficient (Wildman–Crippen LogP) is 3.84. The van der Waals surface area contributed by atoms with Gasteiger partial charge in [-0.15, -0.1) is 0 Å². The number of amides is 2. The highest BCUT2D eigenvalue weighted by atomic mass is 16.2. The predicted molar refractivity (Wildman–Crippen MR) is 117 cm³/mol. The van der Waals surface area contributed by atoms with Gasteiger partial charge in [-0.2, -0.15) is 0 Å². The second-order valence-corrected chi connectivity index (χ2v) is 8.16. The molecule has 29 heavy (non-hydrogen) atoms. The second-order valence-electron chi connectivity index (χ2n) is 8.16. The Morgan fingerprint density at radius 3 is 2.34 bits per heavy atom. The Balaban J connectivity index is 1.51. The van der Waals surface area contributed by atoms with Crippen molar-refractivity contribution in [2.45, 2.75) is 52.1 Å². The largest absolute Gasteiger partial charge is 0.345 e. The number of hydrogen-bond acceptors (Lipinski definition) is 3. The number of carbonyl (C=O) groups excluding carboxylic acids is 2. The molecule has 5 heteroatoms. The van der Waals surface area contributed by atoms with Crippen molar-refractivity contribution in [3.63, 3.8) is 0 Å². The fourth-order valence-corrected chi connectivity index (χ4v) is 3.84. The number of nitrogens with one attached hydrogen (secondary N) is 2. The Kier molecular flexibility index (Phi) is 7.04. The number of hydrogen-bond donors (Lipinski definition) is 2. The SMILES string of the molecule is Cc1cccc(C(C)C)c1NC(=O)C(=O)NC1CCN(Cc2ccccc2)CC1. The molecule has 1 fully saturated rings. The smallest absolute Gasteiger partial charge is 0.313 e. The maximum atomic E-state index is 12.5. The van der Waals surface area contributed by atoms with Crippen molar-refractivity contribution in [3.8, 4) is 0 Å². The molecular weight excluding hydrogens is 362 g/mol. The molecule has 0 spiro atoms. The third-order valence-electron chi connectivity index (χ3n) is 5.54. The van der Waals surface area contributed by atoms with Gasteiger partial charge in [-0.1, -0.05) is 62.4 Å². The third-order valence-corrected chi connectivity index (χ3v) is 5.54. The van der Waals surface area contributed by atoms with Crippen LogP contribution in [0.15, 0.2) is 48.5 Å². The molecule has 154 valence electrons. The maximum Gasteiger partial charge on any atom is 0.313 e. The van der Waals surface area contributed by atoms with Crippen LogP contribution in [0.5, 0.6) is 0 Å². The van der Waals surface area contributed by atoms with Crippen LogP contribution in [0.1, 0.15) is 49.3 Å². The van der Waals surface area contributed by atoms with Crippen molar-refractivity contribution in [2.75, 3.05) is 18.4 Å². The molecule has 1 saturated heterocycles. The summed E-state index contributed by atoms with van der Waals surface area (Å²) in [5.74, 6) is -0.875. The molecule has 2 aromatic rings. The molecule has 3 rings (SSSR count). The number of piperidine rings is 1. The summed E-state index contributed by atoms with van der Waals surface area (Å²) in [5.41, 5.74) is 4.06. The number of benzene rings is 2. The van der Waals surface area contributed by atoms with Crippen molar-refractivity contribution < 1.29 is 9.59 Å². The van der Waals surface area contributed by atoms with Crippen LogP contribution >= 0.6 is 0 Å². The standard InChI is InChI=1S/C24H31N3O2/c1-17(2)21-11-7-8-18(3)22(21)26-24(29)23(28)25-20-12-14-27(15-13-20)16-19-9-5-4-6-10-19/h4-11,17,20H,12-16H2,1-3H3,(H,25,28)(H,26,29). The highest BCUT2D eigenvalue weighted by Crippen LogP contribution is 2.27. The molecule has 0 saturated carbocycles. The molecular formula is C24H31N3O2. The van der Waals surface area contributed by atoms with Gasteiger partial charge in [0.15, 0.2) is 0 Å². The van der Waals surface area contributed by atoms with Crippen molar-refractivity contribution in [2.24, 2.45) is 0 Å². The number of rotatable bonds is 5. The molecule has 0 radical (unpaired) electrons. The minimum atomic E-state index is -0.590. The summed E-state index contributed by atoms with van der Waals surface area (Å²) in [6.07, 6.45) is 1.71. The van der Waals surface area contributed by atoms with Crippen LogP contribution in [0.2, 0.25) is 0 Å². The molecule has 2 amide bonds. The van der Waals surface area contributed by atoms with Crippen LogP contribution in [-0.4, -0.2) is 35.8 Å². The maximum absolute atomic E-state index is 12.5. The number of nitrogens with zero attached hydrogens (tertiary/aromatic N) is 1. The average Bonchev–Trinajstić information content (AvgIpc) is 2.71. The summed E-state index contributed by atoms with van der Waals surface area (Å²) in [4.78, 5) is 27.3. The number of aryl methyl sites for hydroxylation is 1. The lowest BCUT2D eigenvalue weighted by Crippen LogP contribution is -2.47. The summed E-state index contributed by atoms with van der Waals surface area (Å²) in [5, 5.41) is 5.74. The highest BCUT2D eigenvalue weighted by molar-refractivity contribution is 6.39. The Morgan fingerprint density at radius 2 is 1.69 bits per heavy atom. The van der Waals surface area contributed by atoms with E-state index in [0.29, 0.717) is 0 Å². The first-order valence-electron chi connectivity index (χ1n) is 10.4. The van der Waals surface area contributed by atoms with E-state index in [1.165, 1.54) is 5.56 Å². The summed E-state index contributed by atoms with van der Waals surface area (Å²) in [6, 6.07) is 16.4. The van der Waals surface area contributed by atoms with Gasteiger partial charge in [0.2, 0.25) is 0 Å². The van der Waals surface area contributed by atoms with E-state index in [0.717, 1.165) is 49.3 Å². The van der Waals surface area contributed by atoms with Gasteiger partial charge in [0, 0.05) is 31.4 Å². The zero-order valence-electron chi connectivity index (χ0n) is 17.6. The first-order chi connectivity index (χ1) is 13.9. The molecule has 1 aliphatic heterocycles. The van der Waals surface area contributed by atoms with E-state index in [1.807, 2.05) is 31.2 Å². The van der Waals surface area contributed by atoms with Gasteiger partial charge in [-0.3, -0.25) is 14.5 Å². The monoisotopic (exact) mass is 393 g/mol. The number of para-hydroxylation sites is 1. The minimum absolute atomic E-state index is 0.0433. The first kappa shape index (κ1) is 21.1. The summed E-state index contributed by atoms with van der Waals surface area (Å²) in [7, 11) is 0. The van der Waals surface area contributed by atoms with Crippen molar-refractivity contribution in [3.05, 3.63) is 65.2 Å². The average molecular weight is 394 g/mol.